The first-order chi connectivity index (χ1) is 13.0. The van der Waals surface area contributed by atoms with Crippen LogP contribution in [0.1, 0.15) is 46.8 Å². The van der Waals surface area contributed by atoms with Gasteiger partial charge in [0.1, 0.15) is 0 Å². The average Bonchev–Trinajstić information content (AvgIpc) is 3.11. The van der Waals surface area contributed by atoms with Crippen LogP contribution in [0.4, 0.5) is 0 Å². The van der Waals surface area contributed by atoms with Crippen molar-refractivity contribution in [3.05, 3.63) is 57.6 Å². The Labute approximate surface area is 167 Å². The fraction of sp³-hybridized carbons (Fsp3) is 0.435. The van der Waals surface area contributed by atoms with Crippen LogP contribution in [0.2, 0.25) is 5.02 Å². The van der Waals surface area contributed by atoms with Crippen LogP contribution in [-0.4, -0.2) is 37.1 Å². The van der Waals surface area contributed by atoms with Crippen LogP contribution in [-0.2, 0) is 11.2 Å². The molecule has 3 nitrogen and oxygen atoms in total. The van der Waals surface area contributed by atoms with Gasteiger partial charge in [0.15, 0.2) is 0 Å². The van der Waals surface area contributed by atoms with Crippen molar-refractivity contribution in [2.24, 2.45) is 0 Å². The fourth-order valence-electron chi connectivity index (χ4n) is 4.05. The summed E-state index contributed by atoms with van der Waals surface area (Å²) in [5.74, 6) is 0.0569. The number of aryl methyl sites for hydroxylation is 2. The highest BCUT2D eigenvalue weighted by molar-refractivity contribution is 6.31. The third-order valence-electron chi connectivity index (χ3n) is 5.54. The lowest BCUT2D eigenvalue weighted by atomic mass is 9.90. The average molecular weight is 386 g/mol. The third-order valence-corrected chi connectivity index (χ3v) is 5.75. The van der Waals surface area contributed by atoms with Gasteiger partial charge in [-0.1, -0.05) is 42.3 Å². The van der Waals surface area contributed by atoms with Gasteiger partial charge in [-0.15, -0.1) is 0 Å². The van der Waals surface area contributed by atoms with E-state index in [1.54, 1.807) is 7.11 Å². The zero-order chi connectivity index (χ0) is 19.6. The standard InChI is InChI=1S/C23H28ClNO2/c1-5-17-9-8-15(2)11-22(17)20-12-18(24)13-21(16(20)3)23(26)25-10-6-7-19(25)14-27-4/h8-9,11-13,19H,5-7,10,14H2,1-4H3. The number of benzene rings is 2. The first-order valence-electron chi connectivity index (χ1n) is 9.66. The predicted octanol–water partition coefficient (Wildman–Crippen LogP) is 5.44. The predicted molar refractivity (Wildman–Crippen MR) is 112 cm³/mol. The maximum atomic E-state index is 13.3. The summed E-state index contributed by atoms with van der Waals surface area (Å²) in [6.45, 7) is 7.63. The van der Waals surface area contributed by atoms with Gasteiger partial charge in [0.05, 0.1) is 12.6 Å². The molecule has 144 valence electrons. The Balaban J connectivity index is 2.07. The van der Waals surface area contributed by atoms with E-state index in [4.69, 9.17) is 16.3 Å². The first-order valence-corrected chi connectivity index (χ1v) is 10.0. The molecule has 27 heavy (non-hydrogen) atoms. The SMILES string of the molecule is CCc1ccc(C)cc1-c1cc(Cl)cc(C(=O)N2CCCC2COC)c1C. The number of rotatable bonds is 5. The Morgan fingerprint density at radius 3 is 2.70 bits per heavy atom. The fourth-order valence-corrected chi connectivity index (χ4v) is 4.27. The summed E-state index contributed by atoms with van der Waals surface area (Å²) in [6, 6.07) is 10.4. The van der Waals surface area contributed by atoms with Gasteiger partial charge in [0.2, 0.25) is 0 Å². The smallest absolute Gasteiger partial charge is 0.254 e. The maximum absolute atomic E-state index is 13.3. The summed E-state index contributed by atoms with van der Waals surface area (Å²) in [7, 11) is 1.69. The summed E-state index contributed by atoms with van der Waals surface area (Å²) >= 11 is 6.46. The molecule has 1 aliphatic rings. The molecular weight excluding hydrogens is 358 g/mol. The van der Waals surface area contributed by atoms with Gasteiger partial charge >= 0.3 is 0 Å². The number of likely N-dealkylation sites (tertiary alicyclic amines) is 1. The minimum atomic E-state index is 0.0569. The molecule has 0 aliphatic carbocycles. The highest BCUT2D eigenvalue weighted by Crippen LogP contribution is 2.34. The Morgan fingerprint density at radius 2 is 2.00 bits per heavy atom. The van der Waals surface area contributed by atoms with Crippen LogP contribution in [0.3, 0.4) is 0 Å². The monoisotopic (exact) mass is 385 g/mol. The maximum Gasteiger partial charge on any atom is 0.254 e. The van der Waals surface area contributed by atoms with Gasteiger partial charge < -0.3 is 9.64 Å². The van der Waals surface area contributed by atoms with E-state index < -0.39 is 0 Å². The minimum absolute atomic E-state index is 0.0569. The molecule has 4 heteroatoms. The summed E-state index contributed by atoms with van der Waals surface area (Å²) in [5, 5.41) is 0.602. The molecular formula is C23H28ClNO2. The molecule has 1 fully saturated rings. The zero-order valence-corrected chi connectivity index (χ0v) is 17.4. The molecule has 0 aromatic heterocycles. The molecule has 1 heterocycles. The molecule has 1 unspecified atom stereocenters. The Hall–Kier alpha value is -1.84. The summed E-state index contributed by atoms with van der Waals surface area (Å²) in [6.07, 6.45) is 2.95. The van der Waals surface area contributed by atoms with Crippen LogP contribution < -0.4 is 0 Å². The van der Waals surface area contributed by atoms with E-state index >= 15 is 0 Å². The molecule has 2 aromatic rings. The lowest BCUT2D eigenvalue weighted by molar-refractivity contribution is 0.0630. The van der Waals surface area contributed by atoms with Gasteiger partial charge in [-0.2, -0.15) is 0 Å². The van der Waals surface area contributed by atoms with E-state index in [1.165, 1.54) is 16.7 Å². The van der Waals surface area contributed by atoms with E-state index in [-0.39, 0.29) is 11.9 Å². The van der Waals surface area contributed by atoms with Crippen LogP contribution >= 0.6 is 11.6 Å². The molecule has 1 atom stereocenters. The quantitative estimate of drug-likeness (QED) is 0.686. The molecule has 0 spiro atoms. The van der Waals surface area contributed by atoms with Crippen LogP contribution in [0.15, 0.2) is 30.3 Å². The lowest BCUT2D eigenvalue weighted by Crippen LogP contribution is -2.38. The van der Waals surface area contributed by atoms with E-state index in [1.807, 2.05) is 24.0 Å². The van der Waals surface area contributed by atoms with Crippen molar-refractivity contribution in [3.63, 3.8) is 0 Å². The largest absolute Gasteiger partial charge is 0.383 e. The summed E-state index contributed by atoms with van der Waals surface area (Å²) in [4.78, 5) is 15.3. The van der Waals surface area contributed by atoms with Crippen molar-refractivity contribution in [2.45, 2.75) is 46.1 Å². The summed E-state index contributed by atoms with van der Waals surface area (Å²) < 4.78 is 5.31. The molecule has 1 aliphatic heterocycles. The van der Waals surface area contributed by atoms with Gasteiger partial charge in [-0.05, 0) is 67.5 Å². The zero-order valence-electron chi connectivity index (χ0n) is 16.6. The van der Waals surface area contributed by atoms with Crippen LogP contribution in [0.25, 0.3) is 11.1 Å². The van der Waals surface area contributed by atoms with Gasteiger partial charge in [0, 0.05) is 24.2 Å². The molecule has 0 saturated carbocycles. The van der Waals surface area contributed by atoms with E-state index in [0.29, 0.717) is 17.2 Å². The van der Waals surface area contributed by atoms with Crippen molar-refractivity contribution < 1.29 is 9.53 Å². The molecule has 2 aromatic carbocycles. The van der Waals surface area contributed by atoms with E-state index in [0.717, 1.165) is 36.9 Å². The van der Waals surface area contributed by atoms with Crippen molar-refractivity contribution in [1.29, 1.82) is 0 Å². The minimum Gasteiger partial charge on any atom is -0.383 e. The van der Waals surface area contributed by atoms with Crippen LogP contribution in [0, 0.1) is 13.8 Å². The van der Waals surface area contributed by atoms with Gasteiger partial charge in [0.25, 0.3) is 5.91 Å². The number of halogens is 1. The topological polar surface area (TPSA) is 29.5 Å². The Morgan fingerprint density at radius 1 is 1.22 bits per heavy atom. The molecule has 1 saturated heterocycles. The second-order valence-corrected chi connectivity index (χ2v) is 7.83. The number of amides is 1. The normalized spacial score (nSPS) is 16.8. The Kier molecular flexibility index (Phi) is 6.23. The molecule has 3 rings (SSSR count). The van der Waals surface area contributed by atoms with Crippen molar-refractivity contribution >= 4 is 17.5 Å². The number of nitrogens with zero attached hydrogens (tertiary/aromatic N) is 1. The van der Waals surface area contributed by atoms with Crippen LogP contribution in [0.5, 0.6) is 0 Å². The number of hydrogen-bond acceptors (Lipinski definition) is 2. The van der Waals surface area contributed by atoms with Gasteiger partial charge in [-0.3, -0.25) is 4.79 Å². The molecule has 0 radical (unpaired) electrons. The number of ether oxygens (including phenoxy) is 1. The molecule has 0 N–H and O–H groups in total. The number of hydrogen-bond donors (Lipinski definition) is 0. The second kappa shape index (κ2) is 8.45. The molecule has 0 bridgehead atoms. The highest BCUT2D eigenvalue weighted by Gasteiger charge is 2.30. The number of carbonyl (C=O) groups excluding carboxylic acids is 1. The van der Waals surface area contributed by atoms with Crippen molar-refractivity contribution in [3.8, 4) is 11.1 Å². The first kappa shape index (κ1) is 19.9. The van der Waals surface area contributed by atoms with Gasteiger partial charge in [-0.25, -0.2) is 0 Å². The number of carbonyl (C=O) groups is 1. The van der Waals surface area contributed by atoms with E-state index in [9.17, 15) is 4.79 Å². The van der Waals surface area contributed by atoms with Crippen molar-refractivity contribution in [2.75, 3.05) is 20.3 Å². The highest BCUT2D eigenvalue weighted by atomic mass is 35.5. The van der Waals surface area contributed by atoms with E-state index in [2.05, 4.69) is 32.0 Å². The third kappa shape index (κ3) is 4.04. The summed E-state index contributed by atoms with van der Waals surface area (Å²) in [5.41, 5.74) is 6.38. The lowest BCUT2D eigenvalue weighted by Gasteiger charge is -2.26. The number of methoxy groups -OCH3 is 1. The second-order valence-electron chi connectivity index (χ2n) is 7.39. The molecule has 1 amide bonds. The Bertz CT molecular complexity index is 847. The van der Waals surface area contributed by atoms with Crippen molar-refractivity contribution in [1.82, 2.24) is 4.90 Å².